The Morgan fingerprint density at radius 2 is 2.00 bits per heavy atom. The molecule has 19 heavy (non-hydrogen) atoms. The molecule has 2 aliphatic rings. The van der Waals surface area contributed by atoms with Crippen LogP contribution in [-0.2, 0) is 0 Å². The zero-order valence-corrected chi connectivity index (χ0v) is 11.5. The molecule has 0 aromatic heterocycles. The van der Waals surface area contributed by atoms with E-state index in [1.807, 2.05) is 31.2 Å². The van der Waals surface area contributed by atoms with E-state index in [4.69, 9.17) is 9.47 Å². The first-order chi connectivity index (χ1) is 9.24. The molecule has 1 aromatic carbocycles. The molecule has 0 amide bonds. The number of rotatable bonds is 4. The van der Waals surface area contributed by atoms with Crippen molar-refractivity contribution >= 4 is 0 Å². The lowest BCUT2D eigenvalue weighted by atomic mass is 9.62. The van der Waals surface area contributed by atoms with Gasteiger partial charge in [0.1, 0.15) is 17.6 Å². The summed E-state index contributed by atoms with van der Waals surface area (Å²) in [5, 5.41) is 10.1. The van der Waals surface area contributed by atoms with Crippen LogP contribution >= 0.6 is 0 Å². The van der Waals surface area contributed by atoms with Crippen molar-refractivity contribution in [3.63, 3.8) is 0 Å². The van der Waals surface area contributed by atoms with Gasteiger partial charge in [0.25, 0.3) is 0 Å². The van der Waals surface area contributed by atoms with Crippen LogP contribution in [0, 0.1) is 5.41 Å². The number of ether oxygens (including phenoxy) is 2. The molecule has 0 bridgehead atoms. The quantitative estimate of drug-likeness (QED) is 0.906. The molecule has 2 saturated carbocycles. The van der Waals surface area contributed by atoms with Crippen LogP contribution in [0.15, 0.2) is 24.3 Å². The first kappa shape index (κ1) is 12.8. The van der Waals surface area contributed by atoms with Gasteiger partial charge >= 0.3 is 0 Å². The standard InChI is InChI=1S/C16H22O3/c1-2-18-12-6-5-7-13(10-12)19-15-11-14(17)16(15)8-3-4-9-16/h5-7,10,14-15,17H,2-4,8-9,11H2,1H3. The number of aliphatic hydroxyl groups excluding tert-OH is 1. The fraction of sp³-hybridized carbons (Fsp3) is 0.625. The van der Waals surface area contributed by atoms with Crippen molar-refractivity contribution < 1.29 is 14.6 Å². The van der Waals surface area contributed by atoms with E-state index in [2.05, 4.69) is 0 Å². The third kappa shape index (κ3) is 2.20. The largest absolute Gasteiger partial charge is 0.494 e. The molecule has 3 nitrogen and oxygen atoms in total. The number of aliphatic hydroxyl groups is 1. The van der Waals surface area contributed by atoms with Crippen molar-refractivity contribution in [3.05, 3.63) is 24.3 Å². The fourth-order valence-electron chi connectivity index (χ4n) is 3.55. The van der Waals surface area contributed by atoms with Crippen LogP contribution in [-0.4, -0.2) is 23.9 Å². The van der Waals surface area contributed by atoms with Crippen LogP contribution < -0.4 is 9.47 Å². The number of hydrogen-bond acceptors (Lipinski definition) is 3. The molecular formula is C16H22O3. The van der Waals surface area contributed by atoms with Crippen LogP contribution in [0.3, 0.4) is 0 Å². The van der Waals surface area contributed by atoms with E-state index in [0.717, 1.165) is 30.8 Å². The second-order valence-electron chi connectivity index (χ2n) is 5.71. The summed E-state index contributed by atoms with van der Waals surface area (Å²) in [6.45, 7) is 2.64. The molecule has 1 aromatic rings. The molecule has 0 heterocycles. The first-order valence-corrected chi connectivity index (χ1v) is 7.32. The molecule has 104 valence electrons. The van der Waals surface area contributed by atoms with Crippen molar-refractivity contribution in [2.24, 2.45) is 5.41 Å². The minimum Gasteiger partial charge on any atom is -0.494 e. The zero-order chi connectivity index (χ0) is 13.3. The molecule has 0 aliphatic heterocycles. The van der Waals surface area contributed by atoms with E-state index < -0.39 is 0 Å². The van der Waals surface area contributed by atoms with Crippen molar-refractivity contribution in [2.75, 3.05) is 6.61 Å². The summed E-state index contributed by atoms with van der Waals surface area (Å²) in [5.74, 6) is 1.70. The van der Waals surface area contributed by atoms with Crippen molar-refractivity contribution in [1.82, 2.24) is 0 Å². The lowest BCUT2D eigenvalue weighted by molar-refractivity contribution is -0.152. The Bertz CT molecular complexity index is 437. The SMILES string of the molecule is CCOc1cccc(OC2CC(O)C23CCCC3)c1. The Labute approximate surface area is 114 Å². The predicted octanol–water partition coefficient (Wildman–Crippen LogP) is 3.16. The maximum atomic E-state index is 10.1. The lowest BCUT2D eigenvalue weighted by Crippen LogP contribution is -2.58. The minimum absolute atomic E-state index is 0.0294. The highest BCUT2D eigenvalue weighted by atomic mass is 16.5. The molecular weight excluding hydrogens is 240 g/mol. The highest BCUT2D eigenvalue weighted by molar-refractivity contribution is 5.33. The topological polar surface area (TPSA) is 38.7 Å². The smallest absolute Gasteiger partial charge is 0.123 e. The van der Waals surface area contributed by atoms with Gasteiger partial charge in [-0.2, -0.15) is 0 Å². The maximum Gasteiger partial charge on any atom is 0.123 e. The third-order valence-electron chi connectivity index (χ3n) is 4.67. The van der Waals surface area contributed by atoms with Crippen molar-refractivity contribution in [2.45, 2.75) is 51.2 Å². The summed E-state index contributed by atoms with van der Waals surface area (Å²) in [6.07, 6.45) is 5.40. The third-order valence-corrected chi connectivity index (χ3v) is 4.67. The van der Waals surface area contributed by atoms with Crippen LogP contribution in [0.1, 0.15) is 39.0 Å². The fourth-order valence-corrected chi connectivity index (χ4v) is 3.55. The van der Waals surface area contributed by atoms with Gasteiger partial charge in [0, 0.05) is 17.9 Å². The van der Waals surface area contributed by atoms with Gasteiger partial charge in [0.15, 0.2) is 0 Å². The van der Waals surface area contributed by atoms with E-state index in [0.29, 0.717) is 6.61 Å². The molecule has 2 atom stereocenters. The maximum absolute atomic E-state index is 10.1. The molecule has 1 N–H and O–H groups in total. The van der Waals surface area contributed by atoms with Gasteiger partial charge in [-0.05, 0) is 31.9 Å². The Morgan fingerprint density at radius 1 is 1.26 bits per heavy atom. The minimum atomic E-state index is -0.171. The second-order valence-corrected chi connectivity index (χ2v) is 5.71. The Hall–Kier alpha value is -1.22. The summed E-state index contributed by atoms with van der Waals surface area (Å²) >= 11 is 0. The molecule has 1 spiro atoms. The van der Waals surface area contributed by atoms with E-state index in [1.54, 1.807) is 0 Å². The molecule has 3 heteroatoms. The van der Waals surface area contributed by atoms with Crippen LogP contribution in [0.2, 0.25) is 0 Å². The van der Waals surface area contributed by atoms with Crippen LogP contribution in [0.25, 0.3) is 0 Å². The molecule has 3 rings (SSSR count). The van der Waals surface area contributed by atoms with Gasteiger partial charge in [-0.15, -0.1) is 0 Å². The highest BCUT2D eigenvalue weighted by Crippen LogP contribution is 2.54. The van der Waals surface area contributed by atoms with Gasteiger partial charge in [-0.3, -0.25) is 0 Å². The van der Waals surface area contributed by atoms with Gasteiger partial charge in [-0.1, -0.05) is 18.9 Å². The van der Waals surface area contributed by atoms with Crippen LogP contribution in [0.4, 0.5) is 0 Å². The van der Waals surface area contributed by atoms with Crippen molar-refractivity contribution in [3.8, 4) is 11.5 Å². The number of hydrogen-bond donors (Lipinski definition) is 1. The monoisotopic (exact) mass is 262 g/mol. The van der Waals surface area contributed by atoms with E-state index in [1.165, 1.54) is 12.8 Å². The molecule has 2 fully saturated rings. The van der Waals surface area contributed by atoms with E-state index in [-0.39, 0.29) is 17.6 Å². The Balaban J connectivity index is 1.70. The summed E-state index contributed by atoms with van der Waals surface area (Å²) in [4.78, 5) is 0. The summed E-state index contributed by atoms with van der Waals surface area (Å²) in [6, 6.07) is 7.81. The second kappa shape index (κ2) is 5.04. The molecule has 0 radical (unpaired) electrons. The van der Waals surface area contributed by atoms with Gasteiger partial charge in [-0.25, -0.2) is 0 Å². The molecule has 2 aliphatic carbocycles. The van der Waals surface area contributed by atoms with Crippen molar-refractivity contribution in [1.29, 1.82) is 0 Å². The lowest BCUT2D eigenvalue weighted by Gasteiger charge is -2.51. The average molecular weight is 262 g/mol. The van der Waals surface area contributed by atoms with Gasteiger partial charge < -0.3 is 14.6 Å². The zero-order valence-electron chi connectivity index (χ0n) is 11.5. The Kier molecular flexibility index (Phi) is 3.40. The number of benzene rings is 1. The van der Waals surface area contributed by atoms with Crippen LogP contribution in [0.5, 0.6) is 11.5 Å². The first-order valence-electron chi connectivity index (χ1n) is 7.32. The molecule has 2 unspecified atom stereocenters. The summed E-state index contributed by atoms with van der Waals surface area (Å²) in [7, 11) is 0. The van der Waals surface area contributed by atoms with E-state index >= 15 is 0 Å². The van der Waals surface area contributed by atoms with Gasteiger partial charge in [0.05, 0.1) is 12.7 Å². The molecule has 0 saturated heterocycles. The van der Waals surface area contributed by atoms with E-state index in [9.17, 15) is 5.11 Å². The summed E-state index contributed by atoms with van der Waals surface area (Å²) in [5.41, 5.74) is 0.0294. The highest BCUT2D eigenvalue weighted by Gasteiger charge is 2.57. The predicted molar refractivity (Wildman–Crippen MR) is 73.6 cm³/mol. The Morgan fingerprint density at radius 3 is 2.68 bits per heavy atom. The van der Waals surface area contributed by atoms with Gasteiger partial charge in [0.2, 0.25) is 0 Å². The average Bonchev–Trinajstić information content (AvgIpc) is 2.92. The normalized spacial score (nSPS) is 28.1. The summed E-state index contributed by atoms with van der Waals surface area (Å²) < 4.78 is 11.6.